The van der Waals surface area contributed by atoms with E-state index in [9.17, 15) is 8.42 Å². The van der Waals surface area contributed by atoms with Gasteiger partial charge in [-0.15, -0.1) is 0 Å². The second-order valence-electron chi connectivity index (χ2n) is 4.79. The first kappa shape index (κ1) is 16.6. The Morgan fingerprint density at radius 3 is 2.50 bits per heavy atom. The molecule has 6 heteroatoms. The van der Waals surface area contributed by atoms with Gasteiger partial charge in [-0.2, -0.15) is 0 Å². The average Bonchev–Trinajstić information content (AvgIpc) is 2.47. The number of hydrogen-bond acceptors (Lipinski definition) is 3. The molecule has 0 bridgehead atoms. The van der Waals surface area contributed by atoms with Crippen LogP contribution in [-0.4, -0.2) is 15.0 Å². The highest BCUT2D eigenvalue weighted by atomic mass is 35.5. The van der Waals surface area contributed by atoms with Crippen molar-refractivity contribution in [2.24, 2.45) is 0 Å². The maximum Gasteiger partial charge on any atom is 0.261 e. The molecule has 4 nitrogen and oxygen atoms in total. The zero-order chi connectivity index (χ0) is 16.0. The lowest BCUT2D eigenvalue weighted by atomic mass is 10.3. The minimum Gasteiger partial charge on any atom is -0.494 e. The van der Waals surface area contributed by atoms with Crippen molar-refractivity contribution in [1.82, 2.24) is 0 Å². The summed E-state index contributed by atoms with van der Waals surface area (Å²) in [5.41, 5.74) is 0.427. The molecule has 0 saturated carbocycles. The van der Waals surface area contributed by atoms with Gasteiger partial charge in [0.15, 0.2) is 0 Å². The number of hydrogen-bond donors (Lipinski definition) is 1. The molecule has 1 N–H and O–H groups in total. The van der Waals surface area contributed by atoms with Crippen LogP contribution in [0.2, 0.25) is 5.02 Å². The van der Waals surface area contributed by atoms with Crippen LogP contribution in [0.4, 0.5) is 5.69 Å². The zero-order valence-electron chi connectivity index (χ0n) is 12.3. The van der Waals surface area contributed by atoms with Gasteiger partial charge in [-0.3, -0.25) is 4.72 Å². The first-order valence-corrected chi connectivity index (χ1v) is 8.88. The van der Waals surface area contributed by atoms with Crippen molar-refractivity contribution in [2.75, 3.05) is 11.3 Å². The number of halogens is 1. The van der Waals surface area contributed by atoms with Crippen LogP contribution in [-0.2, 0) is 10.0 Å². The Morgan fingerprint density at radius 2 is 1.86 bits per heavy atom. The van der Waals surface area contributed by atoms with E-state index in [0.29, 0.717) is 23.1 Å². The van der Waals surface area contributed by atoms with Crippen LogP contribution < -0.4 is 9.46 Å². The third kappa shape index (κ3) is 4.64. The van der Waals surface area contributed by atoms with Crippen molar-refractivity contribution < 1.29 is 13.2 Å². The SMILES string of the molecule is CCCCOc1ccc(S(=O)(=O)Nc2cccc(Cl)c2)cc1. The Hall–Kier alpha value is -1.72. The minimum atomic E-state index is -3.64. The van der Waals surface area contributed by atoms with Crippen molar-refractivity contribution >= 4 is 27.3 Å². The largest absolute Gasteiger partial charge is 0.494 e. The minimum absolute atomic E-state index is 0.176. The summed E-state index contributed by atoms with van der Waals surface area (Å²) in [4.78, 5) is 0.176. The van der Waals surface area contributed by atoms with Crippen molar-refractivity contribution in [3.05, 3.63) is 53.6 Å². The fraction of sp³-hybridized carbons (Fsp3) is 0.250. The van der Waals surface area contributed by atoms with Crippen LogP contribution in [0.3, 0.4) is 0 Å². The summed E-state index contributed by atoms with van der Waals surface area (Å²) in [6.45, 7) is 2.71. The van der Waals surface area contributed by atoms with Gasteiger partial charge in [0, 0.05) is 5.02 Å². The van der Waals surface area contributed by atoms with Crippen LogP contribution in [0.5, 0.6) is 5.75 Å². The fourth-order valence-corrected chi connectivity index (χ4v) is 3.06. The monoisotopic (exact) mass is 339 g/mol. The molecule has 2 aromatic rings. The normalized spacial score (nSPS) is 11.2. The summed E-state index contributed by atoms with van der Waals surface area (Å²) in [6.07, 6.45) is 2.02. The summed E-state index contributed by atoms with van der Waals surface area (Å²) in [7, 11) is -3.64. The molecule has 0 radical (unpaired) electrons. The summed E-state index contributed by atoms with van der Waals surface area (Å²) in [5, 5.41) is 0.472. The molecule has 22 heavy (non-hydrogen) atoms. The second-order valence-corrected chi connectivity index (χ2v) is 6.91. The van der Waals surface area contributed by atoms with E-state index in [0.717, 1.165) is 12.8 Å². The van der Waals surface area contributed by atoms with Gasteiger partial charge < -0.3 is 4.74 Å². The summed E-state index contributed by atoms with van der Waals surface area (Å²) >= 11 is 5.85. The second kappa shape index (κ2) is 7.51. The Kier molecular flexibility index (Phi) is 5.69. The smallest absolute Gasteiger partial charge is 0.261 e. The molecule has 2 rings (SSSR count). The molecular formula is C16H18ClNO3S. The molecule has 118 valence electrons. The number of unbranched alkanes of at least 4 members (excludes halogenated alkanes) is 1. The Balaban J connectivity index is 2.09. The predicted molar refractivity (Wildman–Crippen MR) is 89.1 cm³/mol. The van der Waals surface area contributed by atoms with Crippen molar-refractivity contribution in [1.29, 1.82) is 0 Å². The molecule has 0 aliphatic heterocycles. The molecule has 0 fully saturated rings. The van der Waals surface area contributed by atoms with E-state index < -0.39 is 10.0 Å². The first-order valence-electron chi connectivity index (χ1n) is 7.02. The van der Waals surface area contributed by atoms with Crippen molar-refractivity contribution in [2.45, 2.75) is 24.7 Å². The van der Waals surface area contributed by atoms with E-state index in [-0.39, 0.29) is 4.90 Å². The molecule has 0 aliphatic carbocycles. The lowest BCUT2D eigenvalue weighted by Gasteiger charge is -2.09. The van der Waals surface area contributed by atoms with Gasteiger partial charge in [0.05, 0.1) is 17.2 Å². The standard InChI is InChI=1S/C16H18ClNO3S/c1-2-3-11-21-15-7-9-16(10-8-15)22(19,20)18-14-6-4-5-13(17)12-14/h4-10,12,18H,2-3,11H2,1H3. The van der Waals surface area contributed by atoms with E-state index >= 15 is 0 Å². The van der Waals surface area contributed by atoms with Gasteiger partial charge in [0.25, 0.3) is 10.0 Å². The van der Waals surface area contributed by atoms with E-state index in [2.05, 4.69) is 11.6 Å². The van der Waals surface area contributed by atoms with Gasteiger partial charge in [-0.25, -0.2) is 8.42 Å². The van der Waals surface area contributed by atoms with Gasteiger partial charge in [0.1, 0.15) is 5.75 Å². The molecule has 0 aliphatic rings. The van der Waals surface area contributed by atoms with Crippen molar-refractivity contribution in [3.63, 3.8) is 0 Å². The van der Waals surface area contributed by atoms with Gasteiger partial charge in [-0.05, 0) is 48.9 Å². The predicted octanol–water partition coefficient (Wildman–Crippen LogP) is 4.32. The molecule has 0 saturated heterocycles. The highest BCUT2D eigenvalue weighted by molar-refractivity contribution is 7.92. The summed E-state index contributed by atoms with van der Waals surface area (Å²) < 4.78 is 32.6. The zero-order valence-corrected chi connectivity index (χ0v) is 13.8. The molecule has 0 atom stereocenters. The van der Waals surface area contributed by atoms with Gasteiger partial charge >= 0.3 is 0 Å². The highest BCUT2D eigenvalue weighted by Crippen LogP contribution is 2.21. The lowest BCUT2D eigenvalue weighted by Crippen LogP contribution is -2.12. The molecule has 0 heterocycles. The number of anilines is 1. The van der Waals surface area contributed by atoms with Crippen LogP contribution in [0.25, 0.3) is 0 Å². The molecular weight excluding hydrogens is 322 g/mol. The van der Waals surface area contributed by atoms with Crippen LogP contribution in [0.1, 0.15) is 19.8 Å². The molecule has 0 amide bonds. The molecule has 0 unspecified atom stereocenters. The van der Waals surface area contributed by atoms with Crippen molar-refractivity contribution in [3.8, 4) is 5.75 Å². The molecule has 0 aromatic heterocycles. The van der Waals surface area contributed by atoms with Gasteiger partial charge in [0.2, 0.25) is 0 Å². The Bertz CT molecular complexity index is 714. The van der Waals surface area contributed by atoms with Crippen LogP contribution in [0, 0.1) is 0 Å². The molecule has 2 aromatic carbocycles. The van der Waals surface area contributed by atoms with E-state index in [4.69, 9.17) is 16.3 Å². The Labute approximate surface area is 136 Å². The van der Waals surface area contributed by atoms with E-state index in [1.54, 1.807) is 36.4 Å². The highest BCUT2D eigenvalue weighted by Gasteiger charge is 2.14. The summed E-state index contributed by atoms with van der Waals surface area (Å²) in [5.74, 6) is 0.662. The maximum atomic E-state index is 12.3. The fourth-order valence-electron chi connectivity index (χ4n) is 1.82. The van der Waals surface area contributed by atoms with Gasteiger partial charge in [-0.1, -0.05) is 31.0 Å². The number of ether oxygens (including phenoxy) is 1. The average molecular weight is 340 g/mol. The van der Waals surface area contributed by atoms with E-state index in [1.165, 1.54) is 12.1 Å². The maximum absolute atomic E-state index is 12.3. The Morgan fingerprint density at radius 1 is 1.14 bits per heavy atom. The number of nitrogens with one attached hydrogen (secondary N) is 1. The summed E-state index contributed by atoms with van der Waals surface area (Å²) in [6, 6.07) is 12.9. The van der Waals surface area contributed by atoms with E-state index in [1.807, 2.05) is 0 Å². The third-order valence-electron chi connectivity index (χ3n) is 2.98. The van der Waals surface area contributed by atoms with Crippen LogP contribution >= 0.6 is 11.6 Å². The quantitative estimate of drug-likeness (QED) is 0.764. The number of benzene rings is 2. The van der Waals surface area contributed by atoms with Crippen LogP contribution in [0.15, 0.2) is 53.4 Å². The first-order chi connectivity index (χ1) is 10.5. The number of sulfonamides is 1. The topological polar surface area (TPSA) is 55.4 Å². The lowest BCUT2D eigenvalue weighted by molar-refractivity contribution is 0.309. The molecule has 0 spiro atoms. The number of rotatable bonds is 7. The third-order valence-corrected chi connectivity index (χ3v) is 4.61.